The maximum Gasteiger partial charge on any atom is 0.120 e. The Kier molecular flexibility index (Phi) is 9.78. The van der Waals surface area contributed by atoms with Gasteiger partial charge in [-0.3, -0.25) is 4.90 Å². The van der Waals surface area contributed by atoms with E-state index in [1.54, 1.807) is 0 Å². The van der Waals surface area contributed by atoms with Crippen molar-refractivity contribution in [1.29, 1.82) is 0 Å². The van der Waals surface area contributed by atoms with E-state index in [9.17, 15) is 0 Å². The first-order valence-corrected chi connectivity index (χ1v) is 19.3. The molecule has 1 saturated carbocycles. The largest absolute Gasteiger partial charge is 0.492 e. The molecule has 8 rings (SSSR count). The lowest BCUT2D eigenvalue weighted by Gasteiger charge is -2.44. The summed E-state index contributed by atoms with van der Waals surface area (Å²) < 4.78 is 21.2. The number of hydrogen-bond acceptors (Lipinski definition) is 4. The minimum Gasteiger partial charge on any atom is -0.492 e. The summed E-state index contributed by atoms with van der Waals surface area (Å²) in [5.41, 5.74) is 9.12. The minimum absolute atomic E-state index is 0.409. The standard InChI is InChI=1S/C48H52N2O3/c1-35-44-29-43(53-33-38-13-9-6-10-14-38)23-24-45(44)50(46(35)39-17-21-42(22-18-39)52-32-37-11-7-5-8-12-37)31-36-15-19-41(20-16-36)51-28-27-49-34-48(4)30-40(49)25-26-47(48,2)3/h5-24,29,40H,25-28,30-34H2,1-4H3. The summed E-state index contributed by atoms with van der Waals surface area (Å²) in [6.07, 6.45) is 3.95. The lowest BCUT2D eigenvalue weighted by molar-refractivity contribution is 0.0708. The molecule has 5 heteroatoms. The third-order valence-electron chi connectivity index (χ3n) is 12.3. The van der Waals surface area contributed by atoms with Crippen molar-refractivity contribution >= 4 is 10.9 Å². The number of rotatable bonds is 13. The van der Waals surface area contributed by atoms with Crippen LogP contribution < -0.4 is 14.2 Å². The minimum atomic E-state index is 0.409. The fourth-order valence-electron chi connectivity index (χ4n) is 8.63. The number of aromatic nitrogens is 1. The zero-order chi connectivity index (χ0) is 36.4. The predicted molar refractivity (Wildman–Crippen MR) is 216 cm³/mol. The summed E-state index contributed by atoms with van der Waals surface area (Å²) in [5, 5.41) is 1.19. The monoisotopic (exact) mass is 704 g/mol. The van der Waals surface area contributed by atoms with Crippen LogP contribution in [0.2, 0.25) is 0 Å². The SMILES string of the molecule is Cc1c(-c2ccc(OCc3ccccc3)cc2)n(Cc2ccc(OCCN3CC4(C)CC3CCC4(C)C)cc2)c2ccc(OCc3ccccc3)cc12. The number of benzene rings is 5. The molecule has 1 aromatic heterocycles. The molecular weight excluding hydrogens is 653 g/mol. The molecule has 2 heterocycles. The maximum atomic E-state index is 6.33. The van der Waals surface area contributed by atoms with Crippen molar-refractivity contribution in [3.05, 3.63) is 150 Å². The highest BCUT2D eigenvalue weighted by Gasteiger charge is 2.52. The maximum absolute atomic E-state index is 6.33. The molecular formula is C48H52N2O3. The van der Waals surface area contributed by atoms with Gasteiger partial charge in [-0.2, -0.15) is 0 Å². The summed E-state index contributed by atoms with van der Waals surface area (Å²) in [5.74, 6) is 2.66. The van der Waals surface area contributed by atoms with Gasteiger partial charge in [0.1, 0.15) is 37.1 Å². The number of nitrogens with zero attached hydrogens (tertiary/aromatic N) is 2. The van der Waals surface area contributed by atoms with E-state index in [0.29, 0.717) is 30.1 Å². The molecule has 0 N–H and O–H groups in total. The number of hydrogen-bond donors (Lipinski definition) is 0. The Morgan fingerprint density at radius 1 is 0.660 bits per heavy atom. The summed E-state index contributed by atoms with van der Waals surface area (Å²) in [6, 6.07) is 45.0. The Balaban J connectivity index is 1.00. The van der Waals surface area contributed by atoms with Crippen LogP contribution >= 0.6 is 0 Å². The average Bonchev–Trinajstić information content (AvgIpc) is 3.63. The molecule has 1 aliphatic carbocycles. The van der Waals surface area contributed by atoms with Gasteiger partial charge in [0, 0.05) is 36.6 Å². The summed E-state index contributed by atoms with van der Waals surface area (Å²) in [7, 11) is 0. The van der Waals surface area contributed by atoms with Crippen LogP contribution in [0.5, 0.6) is 17.2 Å². The Morgan fingerprint density at radius 3 is 1.92 bits per heavy atom. The van der Waals surface area contributed by atoms with Gasteiger partial charge in [-0.25, -0.2) is 0 Å². The third kappa shape index (κ3) is 7.45. The van der Waals surface area contributed by atoms with E-state index in [1.165, 1.54) is 53.5 Å². The molecule has 2 atom stereocenters. The fraction of sp³-hybridized carbons (Fsp3) is 0.333. The lowest BCUT2D eigenvalue weighted by atomic mass is 9.60. The first-order valence-electron chi connectivity index (χ1n) is 19.3. The fourth-order valence-corrected chi connectivity index (χ4v) is 8.63. The summed E-state index contributed by atoms with van der Waals surface area (Å²) in [6.45, 7) is 14.4. The highest BCUT2D eigenvalue weighted by Crippen LogP contribution is 2.55. The molecule has 1 aliphatic heterocycles. The molecule has 2 aliphatic rings. The van der Waals surface area contributed by atoms with E-state index in [0.717, 1.165) is 53.6 Å². The van der Waals surface area contributed by atoms with Crippen LogP contribution in [0.15, 0.2) is 127 Å². The van der Waals surface area contributed by atoms with Crippen molar-refractivity contribution in [3.8, 4) is 28.5 Å². The normalized spacial score (nSPS) is 19.4. The average molecular weight is 705 g/mol. The van der Waals surface area contributed by atoms with Gasteiger partial charge < -0.3 is 18.8 Å². The molecule has 272 valence electrons. The molecule has 5 nitrogen and oxygen atoms in total. The van der Waals surface area contributed by atoms with Gasteiger partial charge >= 0.3 is 0 Å². The number of fused-ring (bicyclic) bond motifs is 3. The Hall–Kier alpha value is -5.00. The van der Waals surface area contributed by atoms with E-state index < -0.39 is 0 Å². The second kappa shape index (κ2) is 14.8. The molecule has 2 unspecified atom stereocenters. The molecule has 2 bridgehead atoms. The number of ether oxygens (including phenoxy) is 3. The molecule has 0 spiro atoms. The quantitative estimate of drug-likeness (QED) is 0.120. The second-order valence-electron chi connectivity index (χ2n) is 16.1. The Morgan fingerprint density at radius 2 is 1.26 bits per heavy atom. The van der Waals surface area contributed by atoms with Gasteiger partial charge in [-0.05, 0) is 119 Å². The van der Waals surface area contributed by atoms with Crippen molar-refractivity contribution in [2.24, 2.45) is 10.8 Å². The molecule has 1 saturated heterocycles. The van der Waals surface area contributed by atoms with Crippen LogP contribution in [0, 0.1) is 17.8 Å². The first-order chi connectivity index (χ1) is 25.7. The van der Waals surface area contributed by atoms with Gasteiger partial charge in [0.25, 0.3) is 0 Å². The number of likely N-dealkylation sites (tertiary alicyclic amines) is 1. The second-order valence-corrected chi connectivity index (χ2v) is 16.1. The smallest absolute Gasteiger partial charge is 0.120 e. The molecule has 0 radical (unpaired) electrons. The van der Waals surface area contributed by atoms with Gasteiger partial charge in [-0.15, -0.1) is 0 Å². The highest BCUT2D eigenvalue weighted by molar-refractivity contribution is 5.92. The molecule has 53 heavy (non-hydrogen) atoms. The van der Waals surface area contributed by atoms with E-state index in [4.69, 9.17) is 14.2 Å². The van der Waals surface area contributed by atoms with Gasteiger partial charge in [0.2, 0.25) is 0 Å². The third-order valence-corrected chi connectivity index (χ3v) is 12.3. The zero-order valence-electron chi connectivity index (χ0n) is 31.7. The number of aryl methyl sites for hydroxylation is 1. The lowest BCUT2D eigenvalue weighted by Crippen LogP contribution is -2.38. The summed E-state index contributed by atoms with van der Waals surface area (Å²) >= 11 is 0. The first kappa shape index (κ1) is 35.1. The van der Waals surface area contributed by atoms with Crippen molar-refractivity contribution in [3.63, 3.8) is 0 Å². The van der Waals surface area contributed by atoms with Crippen molar-refractivity contribution in [1.82, 2.24) is 9.47 Å². The van der Waals surface area contributed by atoms with E-state index in [-0.39, 0.29) is 0 Å². The van der Waals surface area contributed by atoms with Crippen molar-refractivity contribution in [2.75, 3.05) is 19.7 Å². The van der Waals surface area contributed by atoms with Crippen LogP contribution in [-0.4, -0.2) is 35.2 Å². The molecule has 5 aromatic carbocycles. The highest BCUT2D eigenvalue weighted by atomic mass is 16.5. The molecule has 6 aromatic rings. The van der Waals surface area contributed by atoms with Gasteiger partial charge in [0.05, 0.1) is 5.69 Å². The predicted octanol–water partition coefficient (Wildman–Crippen LogP) is 11.1. The van der Waals surface area contributed by atoms with Crippen LogP contribution in [0.1, 0.15) is 62.3 Å². The van der Waals surface area contributed by atoms with Crippen LogP contribution in [0.3, 0.4) is 0 Å². The van der Waals surface area contributed by atoms with E-state index >= 15 is 0 Å². The van der Waals surface area contributed by atoms with Crippen LogP contribution in [0.4, 0.5) is 0 Å². The van der Waals surface area contributed by atoms with E-state index in [2.05, 4.69) is 140 Å². The summed E-state index contributed by atoms with van der Waals surface area (Å²) in [4.78, 5) is 2.68. The van der Waals surface area contributed by atoms with Crippen molar-refractivity contribution < 1.29 is 14.2 Å². The van der Waals surface area contributed by atoms with Crippen LogP contribution in [-0.2, 0) is 19.8 Å². The molecule has 2 fully saturated rings. The molecule has 0 amide bonds. The van der Waals surface area contributed by atoms with Crippen molar-refractivity contribution in [2.45, 2.75) is 72.8 Å². The van der Waals surface area contributed by atoms with Gasteiger partial charge in [0.15, 0.2) is 0 Å². The van der Waals surface area contributed by atoms with Gasteiger partial charge in [-0.1, -0.05) is 93.6 Å². The zero-order valence-corrected chi connectivity index (χ0v) is 31.7. The Labute approximate surface area is 315 Å². The topological polar surface area (TPSA) is 35.9 Å². The van der Waals surface area contributed by atoms with E-state index in [1.807, 2.05) is 24.3 Å². The van der Waals surface area contributed by atoms with Crippen LogP contribution in [0.25, 0.3) is 22.2 Å². The Bertz CT molecular complexity index is 2140.